The normalized spacial score (nSPS) is 20.8. The van der Waals surface area contributed by atoms with Crippen LogP contribution in [0.5, 0.6) is 0 Å². The molecule has 2 saturated heterocycles. The summed E-state index contributed by atoms with van der Waals surface area (Å²) in [6.07, 6.45) is 1.04. The SMILES string of the molecule is O=C(OCc1ccccc1)N1CCC2(CC1)COCC2=O. The first-order chi connectivity index (χ1) is 10.2. The fraction of sp³-hybridized carbons (Fsp3) is 0.500. The molecular formula is C16H19NO4. The summed E-state index contributed by atoms with van der Waals surface area (Å²) in [5.74, 6) is 0.180. The summed E-state index contributed by atoms with van der Waals surface area (Å²) < 4.78 is 10.6. The molecule has 1 aromatic carbocycles. The highest BCUT2D eigenvalue weighted by Crippen LogP contribution is 2.36. The number of nitrogens with zero attached hydrogens (tertiary/aromatic N) is 1. The van der Waals surface area contributed by atoms with E-state index in [2.05, 4.69) is 0 Å². The first-order valence-corrected chi connectivity index (χ1v) is 7.26. The molecule has 2 aliphatic rings. The lowest BCUT2D eigenvalue weighted by molar-refractivity contribution is -0.126. The van der Waals surface area contributed by atoms with Crippen molar-refractivity contribution in [1.82, 2.24) is 4.90 Å². The Bertz CT molecular complexity index is 520. The van der Waals surface area contributed by atoms with Crippen LogP contribution in [0.1, 0.15) is 18.4 Å². The molecule has 5 heteroatoms. The second-order valence-corrected chi connectivity index (χ2v) is 5.72. The van der Waals surface area contributed by atoms with Crippen molar-refractivity contribution in [3.05, 3.63) is 35.9 Å². The van der Waals surface area contributed by atoms with Crippen LogP contribution in [-0.2, 0) is 20.9 Å². The number of amides is 1. The van der Waals surface area contributed by atoms with Gasteiger partial charge in [-0.3, -0.25) is 4.79 Å². The van der Waals surface area contributed by atoms with E-state index >= 15 is 0 Å². The second kappa shape index (κ2) is 5.85. The Morgan fingerprint density at radius 2 is 1.95 bits per heavy atom. The van der Waals surface area contributed by atoms with Gasteiger partial charge in [0.15, 0.2) is 5.78 Å². The molecule has 2 fully saturated rings. The quantitative estimate of drug-likeness (QED) is 0.835. The number of rotatable bonds is 2. The maximum absolute atomic E-state index is 12.0. The van der Waals surface area contributed by atoms with Crippen molar-refractivity contribution in [3.8, 4) is 0 Å². The Hall–Kier alpha value is -1.88. The van der Waals surface area contributed by atoms with Gasteiger partial charge in [-0.15, -0.1) is 0 Å². The summed E-state index contributed by atoms with van der Waals surface area (Å²) in [5, 5.41) is 0. The Labute approximate surface area is 123 Å². The third-order valence-corrected chi connectivity index (χ3v) is 4.39. The summed E-state index contributed by atoms with van der Waals surface area (Å²) in [4.78, 5) is 25.6. The van der Waals surface area contributed by atoms with Crippen LogP contribution in [0, 0.1) is 5.41 Å². The third-order valence-electron chi connectivity index (χ3n) is 4.39. The molecule has 2 aliphatic heterocycles. The smallest absolute Gasteiger partial charge is 0.410 e. The molecule has 5 nitrogen and oxygen atoms in total. The minimum atomic E-state index is -0.351. The molecule has 21 heavy (non-hydrogen) atoms. The molecule has 0 atom stereocenters. The van der Waals surface area contributed by atoms with Gasteiger partial charge in [-0.25, -0.2) is 4.79 Å². The molecule has 0 unspecified atom stereocenters. The van der Waals surface area contributed by atoms with Crippen LogP contribution in [0.4, 0.5) is 4.79 Å². The van der Waals surface area contributed by atoms with Crippen LogP contribution in [0.3, 0.4) is 0 Å². The number of ketones is 1. The average molecular weight is 289 g/mol. The number of carbonyl (C=O) groups excluding carboxylic acids is 2. The standard InChI is InChI=1S/C16H19NO4/c18-14-11-20-12-16(14)6-8-17(9-7-16)15(19)21-10-13-4-2-1-3-5-13/h1-5H,6-12H2. The molecule has 112 valence electrons. The van der Waals surface area contributed by atoms with Crippen molar-refractivity contribution in [2.75, 3.05) is 26.3 Å². The Morgan fingerprint density at radius 3 is 2.57 bits per heavy atom. The van der Waals surface area contributed by atoms with Crippen molar-refractivity contribution in [1.29, 1.82) is 0 Å². The van der Waals surface area contributed by atoms with Gasteiger partial charge in [0.05, 0.1) is 12.0 Å². The fourth-order valence-corrected chi connectivity index (χ4v) is 2.92. The minimum absolute atomic E-state index is 0.180. The number of ether oxygens (including phenoxy) is 2. The zero-order valence-corrected chi connectivity index (χ0v) is 11.9. The van der Waals surface area contributed by atoms with Crippen molar-refractivity contribution in [2.45, 2.75) is 19.4 Å². The molecule has 1 amide bonds. The van der Waals surface area contributed by atoms with Gasteiger partial charge in [0, 0.05) is 13.1 Å². The average Bonchev–Trinajstić information content (AvgIpc) is 2.87. The van der Waals surface area contributed by atoms with E-state index in [1.54, 1.807) is 4.90 Å². The van der Waals surface area contributed by atoms with Crippen LogP contribution < -0.4 is 0 Å². The number of hydrogen-bond donors (Lipinski definition) is 0. The lowest BCUT2D eigenvalue weighted by atomic mass is 9.77. The summed E-state index contributed by atoms with van der Waals surface area (Å²) in [6, 6.07) is 9.61. The van der Waals surface area contributed by atoms with Crippen LogP contribution >= 0.6 is 0 Å². The van der Waals surface area contributed by atoms with Crippen molar-refractivity contribution in [2.24, 2.45) is 5.41 Å². The summed E-state index contributed by atoms with van der Waals surface area (Å²) in [6.45, 7) is 2.12. The molecule has 0 aromatic heterocycles. The van der Waals surface area contributed by atoms with Gasteiger partial charge in [-0.1, -0.05) is 30.3 Å². The second-order valence-electron chi connectivity index (χ2n) is 5.72. The van der Waals surface area contributed by atoms with Gasteiger partial charge < -0.3 is 14.4 Å². The van der Waals surface area contributed by atoms with Gasteiger partial charge in [-0.2, -0.15) is 0 Å². The molecule has 0 radical (unpaired) electrons. The molecule has 1 spiro atoms. The maximum Gasteiger partial charge on any atom is 0.410 e. The molecule has 1 aromatic rings. The van der Waals surface area contributed by atoms with Crippen molar-refractivity contribution in [3.63, 3.8) is 0 Å². The molecule has 0 saturated carbocycles. The van der Waals surface area contributed by atoms with E-state index in [-0.39, 0.29) is 30.5 Å². The zero-order valence-electron chi connectivity index (χ0n) is 11.9. The summed E-state index contributed by atoms with van der Waals surface area (Å²) >= 11 is 0. The van der Waals surface area contributed by atoms with E-state index in [1.807, 2.05) is 30.3 Å². The molecular weight excluding hydrogens is 270 g/mol. The number of likely N-dealkylation sites (tertiary alicyclic amines) is 1. The highest BCUT2D eigenvalue weighted by Gasteiger charge is 2.45. The number of piperidine rings is 1. The zero-order chi connectivity index (χ0) is 14.7. The van der Waals surface area contributed by atoms with E-state index in [9.17, 15) is 9.59 Å². The van der Waals surface area contributed by atoms with Gasteiger partial charge in [0.1, 0.15) is 13.2 Å². The lowest BCUT2D eigenvalue weighted by Gasteiger charge is -2.36. The molecule has 0 N–H and O–H groups in total. The Kier molecular flexibility index (Phi) is 3.92. The van der Waals surface area contributed by atoms with E-state index in [0.29, 0.717) is 32.5 Å². The first kappa shape index (κ1) is 14.1. The van der Waals surface area contributed by atoms with Crippen molar-refractivity contribution < 1.29 is 19.1 Å². The predicted molar refractivity (Wildman–Crippen MR) is 75.7 cm³/mol. The predicted octanol–water partition coefficient (Wildman–Crippen LogP) is 2.00. The Morgan fingerprint density at radius 1 is 1.24 bits per heavy atom. The largest absolute Gasteiger partial charge is 0.445 e. The molecule has 0 aliphatic carbocycles. The van der Waals surface area contributed by atoms with Crippen LogP contribution in [0.25, 0.3) is 0 Å². The third kappa shape index (κ3) is 2.93. The van der Waals surface area contributed by atoms with E-state index in [1.165, 1.54) is 0 Å². The highest BCUT2D eigenvalue weighted by molar-refractivity contribution is 5.88. The molecule has 2 heterocycles. The molecule has 0 bridgehead atoms. The van der Waals surface area contributed by atoms with Gasteiger partial charge in [0.2, 0.25) is 0 Å². The summed E-state index contributed by atoms with van der Waals surface area (Å²) in [5.41, 5.74) is 0.620. The van der Waals surface area contributed by atoms with Gasteiger partial charge >= 0.3 is 6.09 Å². The van der Waals surface area contributed by atoms with Crippen LogP contribution in [0.2, 0.25) is 0 Å². The number of carbonyl (C=O) groups is 2. The first-order valence-electron chi connectivity index (χ1n) is 7.26. The topological polar surface area (TPSA) is 55.8 Å². The van der Waals surface area contributed by atoms with E-state index in [0.717, 1.165) is 5.56 Å². The van der Waals surface area contributed by atoms with Gasteiger partial charge in [0.25, 0.3) is 0 Å². The van der Waals surface area contributed by atoms with E-state index < -0.39 is 0 Å². The van der Waals surface area contributed by atoms with Crippen molar-refractivity contribution >= 4 is 11.9 Å². The van der Waals surface area contributed by atoms with Crippen LogP contribution in [-0.4, -0.2) is 43.1 Å². The highest BCUT2D eigenvalue weighted by atomic mass is 16.6. The fourth-order valence-electron chi connectivity index (χ4n) is 2.92. The summed E-state index contributed by atoms with van der Waals surface area (Å²) in [7, 11) is 0. The number of Topliss-reactive ketones (excluding diaryl/α,β-unsaturated/α-hetero) is 1. The maximum atomic E-state index is 12.0. The van der Waals surface area contributed by atoms with E-state index in [4.69, 9.17) is 9.47 Å². The Balaban J connectivity index is 1.50. The number of hydrogen-bond acceptors (Lipinski definition) is 4. The number of benzene rings is 1. The van der Waals surface area contributed by atoms with Crippen LogP contribution in [0.15, 0.2) is 30.3 Å². The van der Waals surface area contributed by atoms with Gasteiger partial charge in [-0.05, 0) is 18.4 Å². The monoisotopic (exact) mass is 289 g/mol. The minimum Gasteiger partial charge on any atom is -0.445 e. The molecule has 3 rings (SSSR count). The lowest BCUT2D eigenvalue weighted by Crippen LogP contribution is -2.46.